The molecule has 11 aromatic rings. The van der Waals surface area contributed by atoms with E-state index in [-0.39, 0.29) is 6.29 Å². The molecule has 0 saturated heterocycles. The highest BCUT2D eigenvalue weighted by atomic mass is 15.5. The Labute approximate surface area is 323 Å². The quantitative estimate of drug-likeness (QED) is 0.174. The maximum absolute atomic E-state index is 5.65. The number of benzene rings is 9. The number of hydrogen-bond acceptors (Lipinski definition) is 2. The van der Waals surface area contributed by atoms with Gasteiger partial charge in [-0.25, -0.2) is 4.99 Å². The van der Waals surface area contributed by atoms with Crippen LogP contribution in [0.4, 0.5) is 5.69 Å². The zero-order valence-electron chi connectivity index (χ0n) is 30.4. The first kappa shape index (κ1) is 31.0. The van der Waals surface area contributed by atoms with Crippen LogP contribution in [0.15, 0.2) is 205 Å². The van der Waals surface area contributed by atoms with Crippen LogP contribution in [0.2, 0.25) is 0 Å². The number of hydrogen-bond donors (Lipinski definition) is 0. The molecule has 1 aliphatic rings. The van der Waals surface area contributed by atoms with Crippen molar-refractivity contribution >= 4 is 76.7 Å². The topological polar surface area (TPSA) is 25.5 Å². The molecular formula is C52H34N4. The Kier molecular flexibility index (Phi) is 6.66. The number of nitrogens with zero attached hydrogens (tertiary/aromatic N) is 4. The molecule has 0 radical (unpaired) electrons. The number of fused-ring (bicyclic) bond motifs is 8. The minimum Gasteiger partial charge on any atom is -0.308 e. The monoisotopic (exact) mass is 714 g/mol. The molecule has 0 saturated carbocycles. The maximum atomic E-state index is 5.65. The third-order valence-corrected chi connectivity index (χ3v) is 11.7. The van der Waals surface area contributed by atoms with E-state index >= 15 is 0 Å². The maximum Gasteiger partial charge on any atom is 0.211 e. The Morgan fingerprint density at radius 2 is 0.946 bits per heavy atom. The average Bonchev–Trinajstić information content (AvgIpc) is 3.76. The van der Waals surface area contributed by atoms with Gasteiger partial charge < -0.3 is 9.13 Å². The summed E-state index contributed by atoms with van der Waals surface area (Å²) in [7, 11) is 0. The second kappa shape index (κ2) is 12.0. The van der Waals surface area contributed by atoms with E-state index < -0.39 is 0 Å². The third-order valence-electron chi connectivity index (χ3n) is 11.7. The van der Waals surface area contributed by atoms with Crippen molar-refractivity contribution in [1.29, 1.82) is 0 Å². The van der Waals surface area contributed by atoms with E-state index in [0.29, 0.717) is 0 Å². The fraction of sp³-hybridized carbons (Fsp3) is 0.0192. The number of rotatable bonds is 5. The predicted molar refractivity (Wildman–Crippen MR) is 235 cm³/mol. The number of para-hydroxylation sites is 4. The van der Waals surface area contributed by atoms with E-state index in [0.717, 1.165) is 28.1 Å². The summed E-state index contributed by atoms with van der Waals surface area (Å²) < 4.78 is 4.98. The molecule has 1 atom stereocenters. The molecule has 1 unspecified atom stereocenters. The smallest absolute Gasteiger partial charge is 0.211 e. The molecule has 0 spiro atoms. The summed E-state index contributed by atoms with van der Waals surface area (Å²) in [6.45, 7) is 0. The highest BCUT2D eigenvalue weighted by Crippen LogP contribution is 2.48. The van der Waals surface area contributed by atoms with Crippen LogP contribution in [0.1, 0.15) is 11.9 Å². The summed E-state index contributed by atoms with van der Waals surface area (Å²) in [5.41, 5.74) is 10.5. The fourth-order valence-electron chi connectivity index (χ4n) is 9.30. The summed E-state index contributed by atoms with van der Waals surface area (Å²) >= 11 is 0. The summed E-state index contributed by atoms with van der Waals surface area (Å²) in [6, 6.07) is 72.4. The number of aliphatic imine (C=N–C) groups is 1. The van der Waals surface area contributed by atoms with Gasteiger partial charge in [0.1, 0.15) is 5.84 Å². The lowest BCUT2D eigenvalue weighted by atomic mass is 9.99. The molecule has 9 aromatic carbocycles. The highest BCUT2D eigenvalue weighted by Gasteiger charge is 2.39. The molecule has 0 bridgehead atoms. The standard InChI is InChI=1S/C52H34N4/c1-2-17-35(18-3-1)38-23-8-12-29-44(38)56-51(42-28-16-21-34-19-4-6-22-37(34)42)53-52(56)55-47-32-15-11-27-43(47)49-48(55)33-36-20-5-7-24-39(36)50(49)54-45-30-13-9-25-40(45)41-26-10-14-31-46(41)54/h1-33,52H. The van der Waals surface area contributed by atoms with Crippen LogP contribution in [0.3, 0.4) is 0 Å². The van der Waals surface area contributed by atoms with Gasteiger partial charge in [0.05, 0.1) is 33.4 Å². The fourth-order valence-corrected chi connectivity index (χ4v) is 9.30. The summed E-state index contributed by atoms with van der Waals surface area (Å²) in [5, 5.41) is 9.72. The second-order valence-corrected chi connectivity index (χ2v) is 14.7. The summed E-state index contributed by atoms with van der Waals surface area (Å²) in [6.07, 6.45) is -0.344. The van der Waals surface area contributed by atoms with Crippen molar-refractivity contribution in [3.8, 4) is 16.8 Å². The van der Waals surface area contributed by atoms with Crippen LogP contribution in [-0.4, -0.2) is 15.0 Å². The van der Waals surface area contributed by atoms with Crippen molar-refractivity contribution in [3.05, 3.63) is 206 Å². The normalized spacial score (nSPS) is 14.3. The van der Waals surface area contributed by atoms with E-state index in [9.17, 15) is 0 Å². The van der Waals surface area contributed by atoms with Crippen LogP contribution < -0.4 is 4.90 Å². The molecule has 4 nitrogen and oxygen atoms in total. The van der Waals surface area contributed by atoms with E-state index in [1.54, 1.807) is 0 Å². The van der Waals surface area contributed by atoms with Gasteiger partial charge in [0, 0.05) is 38.1 Å². The lowest BCUT2D eigenvalue weighted by Gasteiger charge is -2.42. The first-order valence-electron chi connectivity index (χ1n) is 19.3. The Morgan fingerprint density at radius 1 is 0.393 bits per heavy atom. The van der Waals surface area contributed by atoms with Gasteiger partial charge in [-0.15, -0.1) is 0 Å². The molecule has 56 heavy (non-hydrogen) atoms. The Morgan fingerprint density at radius 3 is 1.71 bits per heavy atom. The first-order valence-corrected chi connectivity index (χ1v) is 19.3. The number of aromatic nitrogens is 2. The van der Waals surface area contributed by atoms with Crippen LogP contribution in [0, 0.1) is 0 Å². The molecule has 262 valence electrons. The largest absolute Gasteiger partial charge is 0.308 e. The van der Waals surface area contributed by atoms with Crippen molar-refractivity contribution in [1.82, 2.24) is 9.13 Å². The molecule has 1 aliphatic heterocycles. The third kappa shape index (κ3) is 4.38. The summed E-state index contributed by atoms with van der Waals surface area (Å²) in [5.74, 6) is 0.963. The van der Waals surface area contributed by atoms with Gasteiger partial charge in [0.2, 0.25) is 6.29 Å². The van der Waals surface area contributed by atoms with Gasteiger partial charge in [-0.05, 0) is 52.1 Å². The first-order chi connectivity index (χ1) is 27.8. The zero-order chi connectivity index (χ0) is 36.7. The van der Waals surface area contributed by atoms with Crippen LogP contribution >= 0.6 is 0 Å². The molecule has 0 N–H and O–H groups in total. The zero-order valence-corrected chi connectivity index (χ0v) is 30.4. The predicted octanol–water partition coefficient (Wildman–Crippen LogP) is 13.3. The molecule has 4 heteroatoms. The van der Waals surface area contributed by atoms with Gasteiger partial charge in [-0.1, -0.05) is 170 Å². The van der Waals surface area contributed by atoms with Gasteiger partial charge in [-0.2, -0.15) is 0 Å². The van der Waals surface area contributed by atoms with Crippen LogP contribution in [-0.2, 0) is 0 Å². The van der Waals surface area contributed by atoms with Gasteiger partial charge in [0.25, 0.3) is 0 Å². The number of anilines is 1. The highest BCUT2D eigenvalue weighted by molar-refractivity contribution is 6.24. The molecule has 12 rings (SSSR count). The summed E-state index contributed by atoms with van der Waals surface area (Å²) in [4.78, 5) is 8.11. The second-order valence-electron chi connectivity index (χ2n) is 14.7. The van der Waals surface area contributed by atoms with Gasteiger partial charge in [-0.3, -0.25) is 4.90 Å². The minimum atomic E-state index is -0.344. The van der Waals surface area contributed by atoms with E-state index in [1.165, 1.54) is 70.9 Å². The van der Waals surface area contributed by atoms with Crippen molar-refractivity contribution in [2.75, 3.05) is 4.90 Å². The van der Waals surface area contributed by atoms with Gasteiger partial charge in [0.15, 0.2) is 0 Å². The lowest BCUT2D eigenvalue weighted by Crippen LogP contribution is -2.46. The van der Waals surface area contributed by atoms with Crippen LogP contribution in [0.5, 0.6) is 0 Å². The molecule has 0 aliphatic carbocycles. The minimum absolute atomic E-state index is 0.344. The molecular weight excluding hydrogens is 681 g/mol. The SMILES string of the molecule is c1ccc(-c2ccccc2N2C(c3cccc4ccccc34)=NC2n2c3ccccc3c3c(-n4c5ccccc5c5ccccc54)c4ccccc4cc32)cc1. The Bertz CT molecular complexity index is 3330. The Hall–Kier alpha value is -7.43. The molecule has 3 heterocycles. The van der Waals surface area contributed by atoms with E-state index in [2.05, 4.69) is 214 Å². The van der Waals surface area contributed by atoms with Crippen molar-refractivity contribution in [3.63, 3.8) is 0 Å². The van der Waals surface area contributed by atoms with Crippen molar-refractivity contribution in [2.45, 2.75) is 6.29 Å². The lowest BCUT2D eigenvalue weighted by molar-refractivity contribution is 0.530. The van der Waals surface area contributed by atoms with E-state index in [4.69, 9.17) is 4.99 Å². The van der Waals surface area contributed by atoms with Crippen molar-refractivity contribution < 1.29 is 0 Å². The van der Waals surface area contributed by atoms with E-state index in [1.807, 2.05) is 0 Å². The van der Waals surface area contributed by atoms with Crippen molar-refractivity contribution in [2.24, 2.45) is 4.99 Å². The number of amidine groups is 1. The molecule has 2 aromatic heterocycles. The average molecular weight is 715 g/mol. The molecule has 0 amide bonds. The Balaban J connectivity index is 1.20. The van der Waals surface area contributed by atoms with Crippen LogP contribution in [0.25, 0.3) is 82.0 Å². The molecule has 0 fully saturated rings. The van der Waals surface area contributed by atoms with Gasteiger partial charge >= 0.3 is 0 Å².